The zero-order valence-corrected chi connectivity index (χ0v) is 17.8. The topological polar surface area (TPSA) is 119 Å². The van der Waals surface area contributed by atoms with Gasteiger partial charge in [0.2, 0.25) is 0 Å². The number of aliphatic carboxylic acids is 1. The van der Waals surface area contributed by atoms with Crippen molar-refractivity contribution in [2.24, 2.45) is 5.10 Å². The summed E-state index contributed by atoms with van der Waals surface area (Å²) in [6.45, 7) is 1.27. The summed E-state index contributed by atoms with van der Waals surface area (Å²) >= 11 is 6.19. The van der Waals surface area contributed by atoms with Gasteiger partial charge in [-0.3, -0.25) is 9.78 Å². The third kappa shape index (κ3) is 6.08. The summed E-state index contributed by atoms with van der Waals surface area (Å²) in [5.74, 6) is -0.729. The molecule has 0 bridgehead atoms. The fourth-order valence-electron chi connectivity index (χ4n) is 2.75. The van der Waals surface area contributed by atoms with E-state index in [1.165, 1.54) is 12.3 Å². The number of carboxylic acids is 1. The number of ether oxygens (including phenoxy) is 3. The Labute approximate surface area is 188 Å². The van der Waals surface area contributed by atoms with Gasteiger partial charge in [-0.15, -0.1) is 0 Å². The maximum absolute atomic E-state index is 12.1. The Hall–Kier alpha value is -3.85. The average Bonchev–Trinajstić information content (AvgIpc) is 2.77. The fourth-order valence-corrected chi connectivity index (χ4v) is 3.02. The highest BCUT2D eigenvalue weighted by Crippen LogP contribution is 2.36. The van der Waals surface area contributed by atoms with Crippen LogP contribution in [0.25, 0.3) is 10.9 Å². The molecule has 2 N–H and O–H groups in total. The predicted molar refractivity (Wildman–Crippen MR) is 119 cm³/mol. The van der Waals surface area contributed by atoms with Crippen LogP contribution < -0.4 is 19.6 Å². The number of benzene rings is 2. The molecule has 0 aliphatic rings. The zero-order valence-electron chi connectivity index (χ0n) is 17.1. The van der Waals surface area contributed by atoms with Crippen molar-refractivity contribution in [2.75, 3.05) is 19.8 Å². The lowest BCUT2D eigenvalue weighted by atomic mass is 10.2. The van der Waals surface area contributed by atoms with Gasteiger partial charge in [0.15, 0.2) is 24.7 Å². The van der Waals surface area contributed by atoms with Crippen LogP contribution in [0.4, 0.5) is 0 Å². The molecule has 0 spiro atoms. The number of pyridine rings is 1. The lowest BCUT2D eigenvalue weighted by molar-refractivity contribution is -0.139. The summed E-state index contributed by atoms with van der Waals surface area (Å²) in [4.78, 5) is 27.1. The number of amides is 1. The summed E-state index contributed by atoms with van der Waals surface area (Å²) in [5.41, 5.74) is 3.54. The van der Waals surface area contributed by atoms with Crippen molar-refractivity contribution in [1.29, 1.82) is 0 Å². The summed E-state index contributed by atoms with van der Waals surface area (Å²) in [6, 6.07) is 12.3. The van der Waals surface area contributed by atoms with Gasteiger partial charge in [-0.1, -0.05) is 29.8 Å². The van der Waals surface area contributed by atoms with Gasteiger partial charge in [0.1, 0.15) is 11.3 Å². The molecule has 0 radical (unpaired) electrons. The number of halogens is 1. The zero-order chi connectivity index (χ0) is 22.9. The second kappa shape index (κ2) is 11.0. The first-order valence-electron chi connectivity index (χ1n) is 9.57. The van der Waals surface area contributed by atoms with Crippen LogP contribution in [-0.2, 0) is 9.59 Å². The van der Waals surface area contributed by atoms with Gasteiger partial charge >= 0.3 is 5.97 Å². The van der Waals surface area contributed by atoms with Crippen LogP contribution in [0.1, 0.15) is 12.5 Å². The second-order valence-corrected chi connectivity index (χ2v) is 6.77. The highest BCUT2D eigenvalue weighted by Gasteiger charge is 2.14. The van der Waals surface area contributed by atoms with Gasteiger partial charge in [0, 0.05) is 11.6 Å². The van der Waals surface area contributed by atoms with E-state index in [0.29, 0.717) is 23.4 Å². The normalized spacial score (nSPS) is 10.8. The maximum atomic E-state index is 12.1. The monoisotopic (exact) mass is 457 g/mol. The minimum atomic E-state index is -1.14. The number of para-hydroxylation sites is 1. The van der Waals surface area contributed by atoms with Crippen molar-refractivity contribution < 1.29 is 28.9 Å². The standard InChI is InChI=1S/C22H20ClN3O6/c1-2-30-18-10-14(9-16(23)22(18)32-13-20(28)29)11-25-26-19(27)12-31-17-7-3-5-15-6-4-8-24-21(15)17/h3-11H,2,12-13H2,1H3,(H,26,27)(H,28,29)/b25-11+. The van der Waals surface area contributed by atoms with E-state index in [1.807, 2.05) is 24.3 Å². The molecule has 0 saturated heterocycles. The van der Waals surface area contributed by atoms with Crippen LogP contribution in [0.3, 0.4) is 0 Å². The number of hydrazone groups is 1. The minimum absolute atomic E-state index is 0.120. The predicted octanol–water partition coefficient (Wildman–Crippen LogP) is 3.28. The van der Waals surface area contributed by atoms with Crippen molar-refractivity contribution in [3.05, 3.63) is 59.2 Å². The molecule has 32 heavy (non-hydrogen) atoms. The largest absolute Gasteiger partial charge is 0.490 e. The molecule has 0 unspecified atom stereocenters. The van der Waals surface area contributed by atoms with Crippen molar-refractivity contribution in [1.82, 2.24) is 10.4 Å². The first-order chi connectivity index (χ1) is 15.5. The maximum Gasteiger partial charge on any atom is 0.341 e. The third-order valence-electron chi connectivity index (χ3n) is 4.03. The fraction of sp³-hybridized carbons (Fsp3) is 0.182. The quantitative estimate of drug-likeness (QED) is 0.354. The Bertz CT molecular complexity index is 1150. The summed E-state index contributed by atoms with van der Waals surface area (Å²) in [6.07, 6.45) is 3.02. The molecule has 3 rings (SSSR count). The molecule has 0 atom stereocenters. The molecule has 9 nitrogen and oxygen atoms in total. The van der Waals surface area contributed by atoms with Crippen LogP contribution in [0, 0.1) is 0 Å². The molecule has 1 heterocycles. The minimum Gasteiger partial charge on any atom is -0.490 e. The summed E-state index contributed by atoms with van der Waals surface area (Å²) < 4.78 is 16.2. The highest BCUT2D eigenvalue weighted by atomic mass is 35.5. The molecular weight excluding hydrogens is 438 g/mol. The van der Waals surface area contributed by atoms with Crippen LogP contribution in [0.2, 0.25) is 5.02 Å². The van der Waals surface area contributed by atoms with Crippen molar-refractivity contribution in [3.63, 3.8) is 0 Å². The van der Waals surface area contributed by atoms with Crippen molar-refractivity contribution >= 4 is 40.6 Å². The molecule has 0 aliphatic heterocycles. The molecular formula is C22H20ClN3O6. The van der Waals surface area contributed by atoms with Crippen LogP contribution in [0.15, 0.2) is 53.8 Å². The average molecular weight is 458 g/mol. The Morgan fingerprint density at radius 2 is 1.94 bits per heavy atom. The van der Waals surface area contributed by atoms with E-state index in [4.69, 9.17) is 30.9 Å². The van der Waals surface area contributed by atoms with Gasteiger partial charge in [-0.25, -0.2) is 10.2 Å². The number of nitrogens with zero attached hydrogens (tertiary/aromatic N) is 2. The molecule has 0 aliphatic carbocycles. The van der Waals surface area contributed by atoms with Crippen LogP contribution >= 0.6 is 11.6 Å². The molecule has 0 fully saturated rings. The van der Waals surface area contributed by atoms with E-state index in [9.17, 15) is 9.59 Å². The van der Waals surface area contributed by atoms with Gasteiger partial charge < -0.3 is 19.3 Å². The van der Waals surface area contributed by atoms with E-state index in [0.717, 1.165) is 5.39 Å². The van der Waals surface area contributed by atoms with Gasteiger partial charge in [0.05, 0.1) is 17.8 Å². The Morgan fingerprint density at radius 1 is 1.12 bits per heavy atom. The second-order valence-electron chi connectivity index (χ2n) is 6.36. The van der Waals surface area contributed by atoms with Gasteiger partial charge in [-0.05, 0) is 36.8 Å². The van der Waals surface area contributed by atoms with Crippen molar-refractivity contribution in [3.8, 4) is 17.2 Å². The Balaban J connectivity index is 1.62. The number of nitrogens with one attached hydrogen (secondary N) is 1. The number of carbonyl (C=O) groups is 2. The van der Waals surface area contributed by atoms with Crippen LogP contribution in [0.5, 0.6) is 17.2 Å². The first kappa shape index (κ1) is 22.8. The molecule has 0 saturated carbocycles. The number of aromatic nitrogens is 1. The van der Waals surface area contributed by atoms with E-state index in [-0.39, 0.29) is 23.1 Å². The molecule has 10 heteroatoms. The summed E-state index contributed by atoms with van der Waals surface area (Å²) in [7, 11) is 0. The number of rotatable bonds is 10. The number of carboxylic acid groups (broad SMARTS) is 1. The Kier molecular flexibility index (Phi) is 7.82. The molecule has 1 aromatic heterocycles. The van der Waals surface area contributed by atoms with Crippen LogP contribution in [-0.4, -0.2) is 48.0 Å². The number of hydrogen-bond acceptors (Lipinski definition) is 7. The smallest absolute Gasteiger partial charge is 0.341 e. The molecule has 166 valence electrons. The molecule has 1 amide bonds. The van der Waals surface area contributed by atoms with Gasteiger partial charge in [0.25, 0.3) is 5.91 Å². The van der Waals surface area contributed by atoms with Gasteiger partial charge in [-0.2, -0.15) is 5.10 Å². The van der Waals surface area contributed by atoms with E-state index < -0.39 is 18.5 Å². The molecule has 3 aromatic rings. The van der Waals surface area contributed by atoms with E-state index >= 15 is 0 Å². The lowest BCUT2D eigenvalue weighted by Gasteiger charge is -2.13. The number of hydrogen-bond donors (Lipinski definition) is 2. The third-order valence-corrected chi connectivity index (χ3v) is 4.31. The van der Waals surface area contributed by atoms with E-state index in [2.05, 4.69) is 15.5 Å². The van der Waals surface area contributed by atoms with Crippen molar-refractivity contribution in [2.45, 2.75) is 6.92 Å². The lowest BCUT2D eigenvalue weighted by Crippen LogP contribution is -2.24. The SMILES string of the molecule is CCOc1cc(/C=N/NC(=O)COc2cccc3cccnc23)cc(Cl)c1OCC(=O)O. The Morgan fingerprint density at radius 3 is 2.72 bits per heavy atom. The first-order valence-corrected chi connectivity index (χ1v) is 9.95. The summed E-state index contributed by atoms with van der Waals surface area (Å²) in [5, 5.41) is 13.7. The molecule has 2 aromatic carbocycles. The number of fused-ring (bicyclic) bond motifs is 1. The van der Waals surface area contributed by atoms with E-state index in [1.54, 1.807) is 25.3 Å². The highest BCUT2D eigenvalue weighted by molar-refractivity contribution is 6.32. The number of carbonyl (C=O) groups excluding carboxylic acids is 1.